The lowest BCUT2D eigenvalue weighted by atomic mass is 10.2. The van der Waals surface area contributed by atoms with Crippen LogP contribution in [0.2, 0.25) is 0 Å². The molecule has 0 saturated carbocycles. The maximum absolute atomic E-state index is 10.6. The minimum atomic E-state index is -4.03. The molecule has 1 aromatic rings. The Kier molecular flexibility index (Phi) is 4.75. The van der Waals surface area contributed by atoms with Crippen molar-refractivity contribution >= 4 is 16.1 Å². The monoisotopic (exact) mass is 231 g/mol. The van der Waals surface area contributed by atoms with Gasteiger partial charge in [-0.05, 0) is 18.6 Å². The molecule has 0 amide bonds. The molecule has 1 aromatic carbocycles. The molecule has 7 heteroatoms. The van der Waals surface area contributed by atoms with Gasteiger partial charge in [-0.25, -0.2) is 0 Å². The predicted octanol–water partition coefficient (Wildman–Crippen LogP) is 0.0803. The van der Waals surface area contributed by atoms with Gasteiger partial charge in [0.05, 0.1) is 4.90 Å². The molecule has 0 spiro atoms. The number of nitrogens with two attached hydrogens (primary N) is 2. The molecule has 0 unspecified atom stereocenters. The molecule has 0 radical (unpaired) electrons. The summed E-state index contributed by atoms with van der Waals surface area (Å²) in [7, 11) is -4.03. The van der Waals surface area contributed by atoms with E-state index in [0.717, 1.165) is 0 Å². The largest absolute Gasteiger partial charge is 0.370 e. The van der Waals surface area contributed by atoms with Gasteiger partial charge in [0.15, 0.2) is 5.96 Å². The van der Waals surface area contributed by atoms with Crippen LogP contribution in [0.25, 0.3) is 0 Å². The minimum Gasteiger partial charge on any atom is -0.370 e. The van der Waals surface area contributed by atoms with E-state index in [1.807, 2.05) is 0 Å². The van der Waals surface area contributed by atoms with E-state index in [1.165, 1.54) is 6.07 Å². The second-order valence-corrected chi connectivity index (χ2v) is 4.09. The summed E-state index contributed by atoms with van der Waals surface area (Å²) in [4.78, 5) is -0.0278. The van der Waals surface area contributed by atoms with Crippen molar-refractivity contribution in [2.24, 2.45) is 11.5 Å². The van der Waals surface area contributed by atoms with Gasteiger partial charge in [-0.15, -0.1) is 0 Å². The molecule has 0 saturated heterocycles. The van der Waals surface area contributed by atoms with E-state index >= 15 is 0 Å². The smallest absolute Gasteiger partial charge is 0.294 e. The normalized spacial score (nSPS) is 10.0. The third-order valence-electron chi connectivity index (χ3n) is 1.37. The lowest BCUT2D eigenvalue weighted by molar-refractivity contribution is 0.482. The van der Waals surface area contributed by atoms with Gasteiger partial charge in [-0.1, -0.05) is 18.2 Å². The highest BCUT2D eigenvalue weighted by Crippen LogP contribution is 2.12. The van der Waals surface area contributed by atoms with Gasteiger partial charge in [0.2, 0.25) is 0 Å². The zero-order chi connectivity index (χ0) is 12.1. The van der Waals surface area contributed by atoms with Crippen molar-refractivity contribution in [3.8, 4) is 0 Å². The van der Waals surface area contributed by atoms with Gasteiger partial charge >= 0.3 is 0 Å². The summed E-state index contributed by atoms with van der Waals surface area (Å²) in [6, 6.07) is 6.27. The van der Waals surface area contributed by atoms with Gasteiger partial charge in [0.1, 0.15) is 0 Å². The SMILES string of the molecule is Cc1ccccc1S(=O)(=O)O.N=C(N)N. The quantitative estimate of drug-likeness (QED) is 0.309. The molecule has 0 bridgehead atoms. The molecule has 0 aromatic heterocycles. The van der Waals surface area contributed by atoms with Crippen LogP contribution in [-0.2, 0) is 10.1 Å². The molecule has 1 rings (SSSR count). The molecule has 6 N–H and O–H groups in total. The van der Waals surface area contributed by atoms with Crippen molar-refractivity contribution in [3.63, 3.8) is 0 Å². The highest BCUT2D eigenvalue weighted by atomic mass is 32.2. The summed E-state index contributed by atoms with van der Waals surface area (Å²) in [6.07, 6.45) is 0. The van der Waals surface area contributed by atoms with E-state index in [-0.39, 0.29) is 10.9 Å². The fourth-order valence-electron chi connectivity index (χ4n) is 0.846. The molecular formula is C8H13N3O3S. The first-order chi connectivity index (χ1) is 6.75. The summed E-state index contributed by atoms with van der Waals surface area (Å²) < 4.78 is 29.9. The Morgan fingerprint density at radius 2 is 1.73 bits per heavy atom. The Balaban J connectivity index is 0.000000423. The van der Waals surface area contributed by atoms with Crippen LogP contribution in [-0.4, -0.2) is 18.9 Å². The molecule has 0 aliphatic heterocycles. The van der Waals surface area contributed by atoms with Crippen LogP contribution in [0.5, 0.6) is 0 Å². The Morgan fingerprint density at radius 1 is 1.33 bits per heavy atom. The van der Waals surface area contributed by atoms with Gasteiger partial charge in [-0.3, -0.25) is 9.96 Å². The average molecular weight is 231 g/mol. The Hall–Kier alpha value is -1.60. The number of rotatable bonds is 1. The molecule has 84 valence electrons. The standard InChI is InChI=1S/C7H8O3S.CH5N3/c1-6-4-2-3-5-7(6)11(8,9)10;2-1(3)4/h2-5H,1H3,(H,8,9,10);(H5,2,3,4). The van der Waals surface area contributed by atoms with Crippen molar-refractivity contribution in [2.75, 3.05) is 0 Å². The van der Waals surface area contributed by atoms with Crippen LogP contribution in [0.4, 0.5) is 0 Å². The Bertz CT molecular complexity index is 438. The number of benzene rings is 1. The van der Waals surface area contributed by atoms with E-state index in [1.54, 1.807) is 25.1 Å². The van der Waals surface area contributed by atoms with E-state index in [2.05, 4.69) is 11.5 Å². The number of guanidine groups is 1. The highest BCUT2D eigenvalue weighted by Gasteiger charge is 2.10. The average Bonchev–Trinajstić information content (AvgIpc) is 2.01. The van der Waals surface area contributed by atoms with Crippen molar-refractivity contribution in [1.29, 1.82) is 5.41 Å². The van der Waals surface area contributed by atoms with E-state index in [0.29, 0.717) is 5.56 Å². The third-order valence-corrected chi connectivity index (χ3v) is 2.39. The molecule has 15 heavy (non-hydrogen) atoms. The Morgan fingerprint density at radius 3 is 2.00 bits per heavy atom. The first-order valence-corrected chi connectivity index (χ1v) is 5.31. The number of nitrogens with one attached hydrogen (secondary N) is 1. The van der Waals surface area contributed by atoms with Gasteiger partial charge in [-0.2, -0.15) is 8.42 Å². The van der Waals surface area contributed by atoms with Crippen molar-refractivity contribution in [1.82, 2.24) is 0 Å². The fourth-order valence-corrected chi connectivity index (χ4v) is 1.57. The summed E-state index contributed by atoms with van der Waals surface area (Å²) >= 11 is 0. The van der Waals surface area contributed by atoms with Crippen LogP contribution in [0.3, 0.4) is 0 Å². The molecule has 0 aliphatic rings. The van der Waals surface area contributed by atoms with E-state index in [4.69, 9.17) is 9.96 Å². The first-order valence-electron chi connectivity index (χ1n) is 3.87. The third kappa shape index (κ3) is 5.66. The molecule has 0 fully saturated rings. The van der Waals surface area contributed by atoms with Gasteiger partial charge in [0, 0.05) is 0 Å². The van der Waals surface area contributed by atoms with Crippen LogP contribution >= 0.6 is 0 Å². The maximum Gasteiger partial charge on any atom is 0.294 e. The zero-order valence-electron chi connectivity index (χ0n) is 8.14. The second kappa shape index (κ2) is 5.32. The van der Waals surface area contributed by atoms with Crippen LogP contribution in [0.15, 0.2) is 29.2 Å². The topological polar surface area (TPSA) is 130 Å². The van der Waals surface area contributed by atoms with E-state index < -0.39 is 10.1 Å². The van der Waals surface area contributed by atoms with Crippen molar-refractivity contribution in [3.05, 3.63) is 29.8 Å². The Labute approximate surface area is 88.2 Å². The predicted molar refractivity (Wildman–Crippen MR) is 57.1 cm³/mol. The lowest BCUT2D eigenvalue weighted by Crippen LogP contribution is -2.20. The van der Waals surface area contributed by atoms with Gasteiger partial charge < -0.3 is 11.5 Å². The van der Waals surface area contributed by atoms with Crippen LogP contribution in [0.1, 0.15) is 5.56 Å². The van der Waals surface area contributed by atoms with Crippen LogP contribution < -0.4 is 11.5 Å². The minimum absolute atomic E-state index is 0.0278. The highest BCUT2D eigenvalue weighted by molar-refractivity contribution is 7.85. The number of hydrogen-bond acceptors (Lipinski definition) is 3. The van der Waals surface area contributed by atoms with Gasteiger partial charge in [0.25, 0.3) is 10.1 Å². The number of aryl methyl sites for hydroxylation is 1. The van der Waals surface area contributed by atoms with E-state index in [9.17, 15) is 8.42 Å². The fraction of sp³-hybridized carbons (Fsp3) is 0.125. The zero-order valence-corrected chi connectivity index (χ0v) is 8.95. The second-order valence-electron chi connectivity index (χ2n) is 2.70. The van der Waals surface area contributed by atoms with Crippen LogP contribution in [0, 0.1) is 12.3 Å². The lowest BCUT2D eigenvalue weighted by Gasteiger charge is -1.99. The summed E-state index contributed by atoms with van der Waals surface area (Å²) in [5.41, 5.74) is 9.50. The maximum atomic E-state index is 10.6. The first kappa shape index (κ1) is 13.4. The molecule has 6 nitrogen and oxygen atoms in total. The molecule has 0 aliphatic carbocycles. The number of hydrogen-bond donors (Lipinski definition) is 4. The summed E-state index contributed by atoms with van der Waals surface area (Å²) in [5.74, 6) is -0.333. The molecule has 0 atom stereocenters. The molecule has 0 heterocycles. The summed E-state index contributed by atoms with van der Waals surface area (Å²) in [5, 5.41) is 6.06. The van der Waals surface area contributed by atoms with Crippen molar-refractivity contribution < 1.29 is 13.0 Å². The molecular weight excluding hydrogens is 218 g/mol. The van der Waals surface area contributed by atoms with Crippen molar-refractivity contribution in [2.45, 2.75) is 11.8 Å². The summed E-state index contributed by atoms with van der Waals surface area (Å²) in [6.45, 7) is 1.63.